The summed E-state index contributed by atoms with van der Waals surface area (Å²) in [5.74, 6) is 0.202. The molecule has 2 saturated heterocycles. The van der Waals surface area contributed by atoms with Crippen molar-refractivity contribution in [2.24, 2.45) is 0 Å². The lowest BCUT2D eigenvalue weighted by molar-refractivity contribution is -0.136. The highest BCUT2D eigenvalue weighted by atomic mass is 16.2. The minimum Gasteiger partial charge on any atom is -0.354 e. The monoisotopic (exact) mass is 281 g/mol. The van der Waals surface area contributed by atoms with Crippen LogP contribution in [0, 0.1) is 6.92 Å². The molecule has 1 radical (unpaired) electrons. The second-order valence-electron chi connectivity index (χ2n) is 5.60. The van der Waals surface area contributed by atoms with Crippen molar-refractivity contribution in [1.82, 2.24) is 20.0 Å². The number of nitrogens with one attached hydrogen (secondary N) is 1. The third kappa shape index (κ3) is 2.96. The summed E-state index contributed by atoms with van der Waals surface area (Å²) in [5.41, 5.74) is -0.347. The van der Waals surface area contributed by atoms with E-state index in [0.717, 1.165) is 39.1 Å². The van der Waals surface area contributed by atoms with Crippen molar-refractivity contribution in [3.05, 3.63) is 6.92 Å². The molecule has 0 spiro atoms. The van der Waals surface area contributed by atoms with Crippen LogP contribution in [-0.2, 0) is 9.59 Å². The minimum atomic E-state index is -0.347. The maximum absolute atomic E-state index is 11.6. The van der Waals surface area contributed by atoms with Crippen LogP contribution in [0.5, 0.6) is 0 Å². The second kappa shape index (κ2) is 6.10. The van der Waals surface area contributed by atoms with Gasteiger partial charge in [0.25, 0.3) is 0 Å². The number of rotatable bonds is 3. The maximum Gasteiger partial charge on any atom is 0.234 e. The van der Waals surface area contributed by atoms with E-state index in [-0.39, 0.29) is 17.5 Å². The summed E-state index contributed by atoms with van der Waals surface area (Å²) in [4.78, 5) is 29.3. The van der Waals surface area contributed by atoms with Gasteiger partial charge in [-0.2, -0.15) is 0 Å². The molecule has 0 saturated carbocycles. The van der Waals surface area contributed by atoms with Crippen LogP contribution in [0.4, 0.5) is 0 Å². The van der Waals surface area contributed by atoms with Gasteiger partial charge in [0, 0.05) is 46.2 Å². The second-order valence-corrected chi connectivity index (χ2v) is 5.60. The summed E-state index contributed by atoms with van der Waals surface area (Å²) in [6.45, 7) is 13.2. The molecule has 1 atom stereocenters. The number of amides is 2. The van der Waals surface area contributed by atoms with E-state index < -0.39 is 0 Å². The van der Waals surface area contributed by atoms with Gasteiger partial charge in [-0.05, 0) is 13.3 Å². The van der Waals surface area contributed by atoms with E-state index in [0.29, 0.717) is 13.1 Å². The van der Waals surface area contributed by atoms with E-state index in [4.69, 9.17) is 0 Å². The fourth-order valence-corrected chi connectivity index (χ4v) is 3.08. The summed E-state index contributed by atoms with van der Waals surface area (Å²) >= 11 is 0. The molecule has 2 heterocycles. The van der Waals surface area contributed by atoms with Crippen LogP contribution in [0.2, 0.25) is 0 Å². The Bertz CT molecular complexity index is 379. The van der Waals surface area contributed by atoms with E-state index in [9.17, 15) is 9.59 Å². The van der Waals surface area contributed by atoms with E-state index in [1.165, 1.54) is 0 Å². The first kappa shape index (κ1) is 15.3. The van der Waals surface area contributed by atoms with Crippen LogP contribution in [0.25, 0.3) is 0 Å². The molecule has 0 bridgehead atoms. The Labute approximate surface area is 121 Å². The topological polar surface area (TPSA) is 55.9 Å². The molecule has 6 nitrogen and oxygen atoms in total. The van der Waals surface area contributed by atoms with Gasteiger partial charge in [-0.25, -0.2) is 0 Å². The molecule has 20 heavy (non-hydrogen) atoms. The highest BCUT2D eigenvalue weighted by Gasteiger charge is 2.39. The standard InChI is InChI=1S/C14H25N4O2/c1-4-14(3,18-6-5-15-13(20)11-18)17-9-7-16(8-10-17)12(2)19/h3-11H2,1-2H3,(H,15,20). The molecule has 2 aliphatic rings. The Morgan fingerprint density at radius 1 is 1.25 bits per heavy atom. The molecule has 1 N–H and O–H groups in total. The molecule has 2 amide bonds. The van der Waals surface area contributed by atoms with Crippen molar-refractivity contribution < 1.29 is 9.59 Å². The number of hydrogen-bond acceptors (Lipinski definition) is 4. The SMILES string of the molecule is [CH2]C(CC)(N1CCN(C(C)=O)CC1)N1CCNC(=O)C1. The number of piperazine rings is 2. The molecule has 2 aliphatic heterocycles. The molecule has 113 valence electrons. The fraction of sp³-hybridized carbons (Fsp3) is 0.786. The lowest BCUT2D eigenvalue weighted by atomic mass is 10.0. The maximum atomic E-state index is 11.6. The predicted octanol–water partition coefficient (Wildman–Crippen LogP) is -0.477. The number of nitrogens with zero attached hydrogens (tertiary/aromatic N) is 3. The summed E-state index contributed by atoms with van der Waals surface area (Å²) < 4.78 is 0. The first-order valence-electron chi connectivity index (χ1n) is 7.35. The van der Waals surface area contributed by atoms with Gasteiger partial charge < -0.3 is 10.2 Å². The van der Waals surface area contributed by atoms with E-state index in [2.05, 4.69) is 29.0 Å². The highest BCUT2D eigenvalue weighted by Crippen LogP contribution is 2.25. The van der Waals surface area contributed by atoms with Gasteiger partial charge >= 0.3 is 0 Å². The summed E-state index contributed by atoms with van der Waals surface area (Å²) in [6, 6.07) is 0. The van der Waals surface area contributed by atoms with Crippen molar-refractivity contribution in [3.63, 3.8) is 0 Å². The van der Waals surface area contributed by atoms with Crippen LogP contribution in [0.1, 0.15) is 20.3 Å². The smallest absolute Gasteiger partial charge is 0.234 e. The molecule has 1 unspecified atom stereocenters. The fourth-order valence-electron chi connectivity index (χ4n) is 3.08. The number of hydrogen-bond donors (Lipinski definition) is 1. The molecule has 0 aromatic heterocycles. The minimum absolute atomic E-state index is 0.0695. The highest BCUT2D eigenvalue weighted by molar-refractivity contribution is 5.78. The Kier molecular flexibility index (Phi) is 4.65. The molecule has 6 heteroatoms. The number of carbonyl (C=O) groups is 2. The van der Waals surface area contributed by atoms with Crippen LogP contribution < -0.4 is 5.32 Å². The largest absolute Gasteiger partial charge is 0.354 e. The van der Waals surface area contributed by atoms with E-state index >= 15 is 0 Å². The van der Waals surface area contributed by atoms with Gasteiger partial charge in [0.2, 0.25) is 11.8 Å². The van der Waals surface area contributed by atoms with Gasteiger partial charge in [-0.3, -0.25) is 19.4 Å². The average molecular weight is 281 g/mol. The first-order valence-corrected chi connectivity index (χ1v) is 7.35. The average Bonchev–Trinajstić information content (AvgIpc) is 2.46. The molecule has 0 aromatic rings. The Morgan fingerprint density at radius 3 is 2.40 bits per heavy atom. The van der Waals surface area contributed by atoms with Gasteiger partial charge in [-0.15, -0.1) is 0 Å². The van der Waals surface area contributed by atoms with Crippen molar-refractivity contribution in [2.75, 3.05) is 45.8 Å². The van der Waals surface area contributed by atoms with Gasteiger partial charge in [0.05, 0.1) is 12.2 Å². The van der Waals surface area contributed by atoms with E-state index in [1.54, 1.807) is 6.92 Å². The lowest BCUT2D eigenvalue weighted by Crippen LogP contribution is -2.67. The Balaban J connectivity index is 2.03. The molecular formula is C14H25N4O2. The summed E-state index contributed by atoms with van der Waals surface area (Å²) in [5, 5.41) is 2.85. The Hall–Kier alpha value is -1.14. The van der Waals surface area contributed by atoms with Crippen molar-refractivity contribution in [2.45, 2.75) is 25.9 Å². The third-order valence-corrected chi connectivity index (χ3v) is 4.51. The van der Waals surface area contributed by atoms with Crippen molar-refractivity contribution in [3.8, 4) is 0 Å². The van der Waals surface area contributed by atoms with Gasteiger partial charge in [-0.1, -0.05) is 6.92 Å². The van der Waals surface area contributed by atoms with Crippen molar-refractivity contribution >= 4 is 11.8 Å². The van der Waals surface area contributed by atoms with Crippen LogP contribution in [-0.4, -0.2) is 78.0 Å². The zero-order valence-corrected chi connectivity index (χ0v) is 12.5. The quantitative estimate of drug-likeness (QED) is 0.759. The van der Waals surface area contributed by atoms with Gasteiger partial charge in [0.1, 0.15) is 0 Å². The van der Waals surface area contributed by atoms with Crippen LogP contribution in [0.15, 0.2) is 0 Å². The van der Waals surface area contributed by atoms with Crippen LogP contribution >= 0.6 is 0 Å². The van der Waals surface area contributed by atoms with E-state index in [1.807, 2.05) is 4.90 Å². The summed E-state index contributed by atoms with van der Waals surface area (Å²) in [6.07, 6.45) is 0.861. The predicted molar refractivity (Wildman–Crippen MR) is 76.8 cm³/mol. The third-order valence-electron chi connectivity index (χ3n) is 4.51. The van der Waals surface area contributed by atoms with Gasteiger partial charge in [0.15, 0.2) is 0 Å². The zero-order valence-electron chi connectivity index (χ0n) is 12.5. The van der Waals surface area contributed by atoms with Crippen molar-refractivity contribution in [1.29, 1.82) is 0 Å². The molecule has 0 aromatic carbocycles. The normalized spacial score (nSPS) is 25.1. The zero-order chi connectivity index (χ0) is 14.8. The molecular weight excluding hydrogens is 256 g/mol. The first-order chi connectivity index (χ1) is 9.47. The summed E-state index contributed by atoms with van der Waals surface area (Å²) in [7, 11) is 0. The molecule has 2 fully saturated rings. The Morgan fingerprint density at radius 2 is 1.90 bits per heavy atom. The number of carbonyl (C=O) groups excluding carboxylic acids is 2. The lowest BCUT2D eigenvalue weighted by Gasteiger charge is -2.51. The molecule has 2 rings (SSSR count). The van der Waals surface area contributed by atoms with Crippen LogP contribution in [0.3, 0.4) is 0 Å². The molecule has 0 aliphatic carbocycles.